The molecule has 2 rings (SSSR count). The quantitative estimate of drug-likeness (QED) is 0.580. The van der Waals surface area contributed by atoms with Crippen LogP contribution in [0.4, 0.5) is 0 Å². The van der Waals surface area contributed by atoms with E-state index in [1.165, 1.54) is 0 Å². The number of amides is 2. The Morgan fingerprint density at radius 1 is 1.29 bits per heavy atom. The summed E-state index contributed by atoms with van der Waals surface area (Å²) in [5.74, 6) is -1.19. The van der Waals surface area contributed by atoms with Crippen molar-refractivity contribution in [3.05, 3.63) is 30.1 Å². The number of hydrogen-bond donors (Lipinski definition) is 2. The molecule has 2 N–H and O–H groups in total. The van der Waals surface area contributed by atoms with Gasteiger partial charge in [-0.2, -0.15) is 0 Å². The average molecular weight is 191 g/mol. The topological polar surface area (TPSA) is 71.1 Å². The van der Waals surface area contributed by atoms with Crippen LogP contribution >= 0.6 is 0 Å². The second-order valence-electron chi connectivity index (χ2n) is 2.99. The fraction of sp³-hybridized carbons (Fsp3) is 0.222. The minimum absolute atomic E-state index is 0.221. The molecule has 0 radical (unpaired) electrons. The van der Waals surface area contributed by atoms with E-state index in [1.54, 1.807) is 12.3 Å². The zero-order chi connectivity index (χ0) is 9.97. The summed E-state index contributed by atoms with van der Waals surface area (Å²) >= 11 is 0. The molecule has 5 nitrogen and oxygen atoms in total. The van der Waals surface area contributed by atoms with Crippen molar-refractivity contribution in [1.29, 1.82) is 0 Å². The standard InChI is InChI=1S/C9H9N3O2/c13-8-9(14)12-7(5-11-8)6-3-1-2-4-10-6/h1-4,7H,5H2,(H,11,13)(H,12,14)/t7-/m0/s1. The van der Waals surface area contributed by atoms with E-state index >= 15 is 0 Å². The number of aromatic nitrogens is 1. The molecule has 1 aromatic heterocycles. The van der Waals surface area contributed by atoms with Crippen molar-refractivity contribution in [2.24, 2.45) is 0 Å². The summed E-state index contributed by atoms with van der Waals surface area (Å²) in [5.41, 5.74) is 0.751. The van der Waals surface area contributed by atoms with E-state index in [9.17, 15) is 9.59 Å². The van der Waals surface area contributed by atoms with Crippen LogP contribution in [-0.2, 0) is 9.59 Å². The Bertz CT molecular complexity index is 364. The molecule has 0 bridgehead atoms. The Kier molecular flexibility index (Phi) is 2.14. The molecule has 5 heteroatoms. The van der Waals surface area contributed by atoms with Gasteiger partial charge in [0.25, 0.3) is 0 Å². The molecule has 1 saturated heterocycles. The van der Waals surface area contributed by atoms with E-state index in [-0.39, 0.29) is 6.04 Å². The minimum Gasteiger partial charge on any atom is -0.345 e. The third-order valence-corrected chi connectivity index (χ3v) is 2.02. The van der Waals surface area contributed by atoms with Gasteiger partial charge < -0.3 is 10.6 Å². The van der Waals surface area contributed by atoms with Crippen molar-refractivity contribution < 1.29 is 9.59 Å². The van der Waals surface area contributed by atoms with E-state index < -0.39 is 11.8 Å². The number of nitrogens with one attached hydrogen (secondary N) is 2. The number of nitrogens with zero attached hydrogens (tertiary/aromatic N) is 1. The largest absolute Gasteiger partial charge is 0.345 e. The molecular formula is C9H9N3O2. The third kappa shape index (κ3) is 1.56. The molecule has 0 spiro atoms. The Labute approximate surface area is 80.5 Å². The summed E-state index contributed by atoms with van der Waals surface area (Å²) in [7, 11) is 0. The predicted molar refractivity (Wildman–Crippen MR) is 48.1 cm³/mol. The second kappa shape index (κ2) is 3.45. The maximum Gasteiger partial charge on any atom is 0.309 e. The number of rotatable bonds is 1. The van der Waals surface area contributed by atoms with Crippen molar-refractivity contribution in [2.45, 2.75) is 6.04 Å². The molecular weight excluding hydrogens is 182 g/mol. The number of carbonyl (C=O) groups excluding carboxylic acids is 2. The molecule has 14 heavy (non-hydrogen) atoms. The lowest BCUT2D eigenvalue weighted by Crippen LogP contribution is -2.51. The van der Waals surface area contributed by atoms with E-state index in [2.05, 4.69) is 15.6 Å². The molecule has 0 aliphatic carbocycles. The highest BCUT2D eigenvalue weighted by molar-refractivity contribution is 6.35. The first-order valence-electron chi connectivity index (χ1n) is 4.27. The van der Waals surface area contributed by atoms with Gasteiger partial charge in [0.2, 0.25) is 0 Å². The number of hydrogen-bond acceptors (Lipinski definition) is 3. The van der Waals surface area contributed by atoms with Gasteiger partial charge in [0.1, 0.15) is 0 Å². The summed E-state index contributed by atoms with van der Waals surface area (Å²) in [4.78, 5) is 26.0. The van der Waals surface area contributed by atoms with Crippen LogP contribution in [0.15, 0.2) is 24.4 Å². The third-order valence-electron chi connectivity index (χ3n) is 2.02. The summed E-state index contributed by atoms with van der Waals surface area (Å²) in [6, 6.07) is 5.22. The first-order chi connectivity index (χ1) is 6.77. The van der Waals surface area contributed by atoms with E-state index in [0.29, 0.717) is 6.54 Å². The maximum atomic E-state index is 11.0. The molecule has 2 heterocycles. The van der Waals surface area contributed by atoms with Gasteiger partial charge in [-0.25, -0.2) is 0 Å². The lowest BCUT2D eigenvalue weighted by atomic mass is 10.1. The summed E-state index contributed by atoms with van der Waals surface area (Å²) < 4.78 is 0. The van der Waals surface area contributed by atoms with Gasteiger partial charge in [-0.15, -0.1) is 0 Å². The molecule has 1 aromatic rings. The van der Waals surface area contributed by atoms with Crippen LogP contribution in [0.3, 0.4) is 0 Å². The molecule has 1 aliphatic rings. The molecule has 1 atom stereocenters. The Balaban J connectivity index is 2.14. The first kappa shape index (κ1) is 8.68. The summed E-state index contributed by atoms with van der Waals surface area (Å²) in [5, 5.41) is 5.06. The fourth-order valence-corrected chi connectivity index (χ4v) is 1.31. The zero-order valence-electron chi connectivity index (χ0n) is 7.36. The van der Waals surface area contributed by atoms with Gasteiger partial charge in [-0.05, 0) is 12.1 Å². The second-order valence-corrected chi connectivity index (χ2v) is 2.99. The zero-order valence-corrected chi connectivity index (χ0v) is 7.36. The van der Waals surface area contributed by atoms with Gasteiger partial charge in [0.05, 0.1) is 11.7 Å². The molecule has 1 aliphatic heterocycles. The molecule has 2 amide bonds. The number of carbonyl (C=O) groups is 2. The normalized spacial score (nSPS) is 21.3. The van der Waals surface area contributed by atoms with Crippen molar-refractivity contribution >= 4 is 11.8 Å². The molecule has 0 saturated carbocycles. The Hall–Kier alpha value is -1.91. The first-order valence-corrected chi connectivity index (χ1v) is 4.27. The van der Waals surface area contributed by atoms with Crippen LogP contribution in [0.25, 0.3) is 0 Å². The summed E-state index contributed by atoms with van der Waals surface area (Å²) in [6.45, 7) is 0.390. The molecule has 0 aromatic carbocycles. The summed E-state index contributed by atoms with van der Waals surface area (Å²) in [6.07, 6.45) is 1.65. The van der Waals surface area contributed by atoms with Gasteiger partial charge in [0.15, 0.2) is 0 Å². The average Bonchev–Trinajstić information content (AvgIpc) is 2.23. The van der Waals surface area contributed by atoms with Crippen LogP contribution in [0.1, 0.15) is 11.7 Å². The van der Waals surface area contributed by atoms with Crippen LogP contribution in [-0.4, -0.2) is 23.3 Å². The highest BCUT2D eigenvalue weighted by Crippen LogP contribution is 2.09. The minimum atomic E-state index is -0.605. The van der Waals surface area contributed by atoms with Crippen molar-refractivity contribution in [1.82, 2.24) is 15.6 Å². The van der Waals surface area contributed by atoms with Crippen molar-refractivity contribution in [3.8, 4) is 0 Å². The van der Waals surface area contributed by atoms with Gasteiger partial charge in [-0.3, -0.25) is 14.6 Å². The van der Waals surface area contributed by atoms with Crippen molar-refractivity contribution in [2.75, 3.05) is 6.54 Å². The highest BCUT2D eigenvalue weighted by Gasteiger charge is 2.26. The van der Waals surface area contributed by atoms with Crippen LogP contribution in [0, 0.1) is 0 Å². The predicted octanol–water partition coefficient (Wildman–Crippen LogP) is -0.631. The van der Waals surface area contributed by atoms with E-state index in [1.807, 2.05) is 12.1 Å². The van der Waals surface area contributed by atoms with Gasteiger partial charge >= 0.3 is 11.8 Å². The van der Waals surface area contributed by atoms with Gasteiger partial charge in [-0.1, -0.05) is 6.07 Å². The fourth-order valence-electron chi connectivity index (χ4n) is 1.31. The maximum absolute atomic E-state index is 11.0. The van der Waals surface area contributed by atoms with Gasteiger partial charge in [0, 0.05) is 12.7 Å². The molecule has 0 unspecified atom stereocenters. The number of pyridine rings is 1. The monoisotopic (exact) mass is 191 g/mol. The molecule has 72 valence electrons. The van der Waals surface area contributed by atoms with Crippen molar-refractivity contribution in [3.63, 3.8) is 0 Å². The molecule has 1 fully saturated rings. The lowest BCUT2D eigenvalue weighted by Gasteiger charge is -2.22. The smallest absolute Gasteiger partial charge is 0.309 e. The highest BCUT2D eigenvalue weighted by atomic mass is 16.2. The van der Waals surface area contributed by atoms with Crippen LogP contribution < -0.4 is 10.6 Å². The number of piperazine rings is 1. The lowest BCUT2D eigenvalue weighted by molar-refractivity contribution is -0.141. The SMILES string of the molecule is O=C1NC[C@@H](c2ccccn2)NC1=O. The Morgan fingerprint density at radius 2 is 2.14 bits per heavy atom. The van der Waals surface area contributed by atoms with E-state index in [4.69, 9.17) is 0 Å². The van der Waals surface area contributed by atoms with Crippen LogP contribution in [0.5, 0.6) is 0 Å². The Morgan fingerprint density at radius 3 is 2.79 bits per heavy atom. The van der Waals surface area contributed by atoms with Crippen LogP contribution in [0.2, 0.25) is 0 Å². The van der Waals surface area contributed by atoms with E-state index in [0.717, 1.165) is 5.69 Å².